The van der Waals surface area contributed by atoms with E-state index in [-0.39, 0.29) is 11.9 Å². The Morgan fingerprint density at radius 3 is 2.67 bits per heavy atom. The van der Waals surface area contributed by atoms with Gasteiger partial charge in [0.2, 0.25) is 0 Å². The van der Waals surface area contributed by atoms with Crippen LogP contribution in [0.4, 0.5) is 0 Å². The number of hydrogen-bond acceptors (Lipinski definition) is 2. The van der Waals surface area contributed by atoms with Gasteiger partial charge in [-0.05, 0) is 18.1 Å². The SMILES string of the molecule is CCCC(NC(=O)c1ccoc1)c1ccccc1. The van der Waals surface area contributed by atoms with Crippen LogP contribution in [0, 0.1) is 0 Å². The lowest BCUT2D eigenvalue weighted by atomic mass is 10.0. The first kappa shape index (κ1) is 12.4. The van der Waals surface area contributed by atoms with Gasteiger partial charge in [0.1, 0.15) is 6.26 Å². The number of nitrogens with one attached hydrogen (secondary N) is 1. The molecule has 94 valence electrons. The first-order valence-corrected chi connectivity index (χ1v) is 6.19. The minimum absolute atomic E-state index is 0.0543. The maximum Gasteiger partial charge on any atom is 0.255 e. The predicted molar refractivity (Wildman–Crippen MR) is 70.3 cm³/mol. The Kier molecular flexibility index (Phi) is 4.18. The lowest BCUT2D eigenvalue weighted by Crippen LogP contribution is -2.28. The summed E-state index contributed by atoms with van der Waals surface area (Å²) in [5, 5.41) is 3.04. The molecule has 0 saturated heterocycles. The molecule has 1 aromatic carbocycles. The highest BCUT2D eigenvalue weighted by Crippen LogP contribution is 2.18. The number of carbonyl (C=O) groups is 1. The van der Waals surface area contributed by atoms with E-state index in [1.165, 1.54) is 12.5 Å². The van der Waals surface area contributed by atoms with E-state index in [9.17, 15) is 4.79 Å². The van der Waals surface area contributed by atoms with Crippen molar-refractivity contribution in [1.29, 1.82) is 0 Å². The first-order chi connectivity index (χ1) is 8.81. The quantitative estimate of drug-likeness (QED) is 0.872. The zero-order valence-corrected chi connectivity index (χ0v) is 10.4. The molecule has 0 spiro atoms. The van der Waals surface area contributed by atoms with Crippen LogP contribution in [-0.2, 0) is 0 Å². The number of carbonyl (C=O) groups excluding carboxylic acids is 1. The van der Waals surface area contributed by atoms with Gasteiger partial charge in [0.15, 0.2) is 0 Å². The Morgan fingerprint density at radius 1 is 1.28 bits per heavy atom. The third-order valence-electron chi connectivity index (χ3n) is 2.87. The van der Waals surface area contributed by atoms with Crippen LogP contribution in [-0.4, -0.2) is 5.91 Å². The molecule has 0 aliphatic carbocycles. The van der Waals surface area contributed by atoms with Gasteiger partial charge < -0.3 is 9.73 Å². The van der Waals surface area contributed by atoms with E-state index in [1.54, 1.807) is 6.07 Å². The molecule has 2 aromatic rings. The third-order valence-corrected chi connectivity index (χ3v) is 2.87. The molecule has 2 rings (SSSR count). The largest absolute Gasteiger partial charge is 0.472 e. The molecule has 3 heteroatoms. The molecule has 18 heavy (non-hydrogen) atoms. The van der Waals surface area contributed by atoms with E-state index >= 15 is 0 Å². The van der Waals surface area contributed by atoms with Crippen LogP contribution in [0.3, 0.4) is 0 Å². The molecular formula is C15H17NO2. The van der Waals surface area contributed by atoms with E-state index in [1.807, 2.05) is 30.3 Å². The molecule has 1 amide bonds. The van der Waals surface area contributed by atoms with Crippen LogP contribution in [0.15, 0.2) is 53.3 Å². The summed E-state index contributed by atoms with van der Waals surface area (Å²) in [4.78, 5) is 12.0. The Hall–Kier alpha value is -2.03. The normalized spacial score (nSPS) is 12.1. The smallest absolute Gasteiger partial charge is 0.255 e. The van der Waals surface area contributed by atoms with Crippen LogP contribution in [0.1, 0.15) is 41.7 Å². The van der Waals surface area contributed by atoms with Crippen molar-refractivity contribution in [2.75, 3.05) is 0 Å². The molecule has 0 bridgehead atoms. The van der Waals surface area contributed by atoms with Gasteiger partial charge in [0.25, 0.3) is 5.91 Å². The minimum atomic E-state index is -0.0916. The topological polar surface area (TPSA) is 42.2 Å². The van der Waals surface area contributed by atoms with E-state index in [0.29, 0.717) is 5.56 Å². The average molecular weight is 243 g/mol. The summed E-state index contributed by atoms with van der Waals surface area (Å²) in [6, 6.07) is 11.8. The highest BCUT2D eigenvalue weighted by Gasteiger charge is 2.15. The van der Waals surface area contributed by atoms with Gasteiger partial charge >= 0.3 is 0 Å². The first-order valence-electron chi connectivity index (χ1n) is 6.19. The van der Waals surface area contributed by atoms with Gasteiger partial charge in [0, 0.05) is 0 Å². The number of furan rings is 1. The Labute approximate surface area is 107 Å². The molecule has 1 atom stereocenters. The monoisotopic (exact) mass is 243 g/mol. The Balaban J connectivity index is 2.10. The van der Waals surface area contributed by atoms with E-state index < -0.39 is 0 Å². The highest BCUT2D eigenvalue weighted by molar-refractivity contribution is 5.94. The summed E-state index contributed by atoms with van der Waals surface area (Å²) >= 11 is 0. The highest BCUT2D eigenvalue weighted by atomic mass is 16.3. The van der Waals surface area contributed by atoms with Crippen molar-refractivity contribution in [2.24, 2.45) is 0 Å². The lowest BCUT2D eigenvalue weighted by molar-refractivity contribution is 0.0934. The summed E-state index contributed by atoms with van der Waals surface area (Å²) in [5.41, 5.74) is 1.70. The molecule has 1 N–H and O–H groups in total. The number of hydrogen-bond donors (Lipinski definition) is 1. The molecule has 0 fully saturated rings. The van der Waals surface area contributed by atoms with Crippen LogP contribution in [0.2, 0.25) is 0 Å². The Morgan fingerprint density at radius 2 is 2.06 bits per heavy atom. The van der Waals surface area contributed by atoms with Crippen molar-refractivity contribution in [3.8, 4) is 0 Å². The van der Waals surface area contributed by atoms with Crippen molar-refractivity contribution < 1.29 is 9.21 Å². The van der Waals surface area contributed by atoms with Crippen molar-refractivity contribution >= 4 is 5.91 Å². The lowest BCUT2D eigenvalue weighted by Gasteiger charge is -2.18. The van der Waals surface area contributed by atoms with Crippen molar-refractivity contribution in [2.45, 2.75) is 25.8 Å². The second-order valence-corrected chi connectivity index (χ2v) is 4.24. The molecule has 0 aliphatic rings. The summed E-state index contributed by atoms with van der Waals surface area (Å²) in [6.07, 6.45) is 4.91. The minimum Gasteiger partial charge on any atom is -0.472 e. The number of rotatable bonds is 5. The van der Waals surface area contributed by atoms with Gasteiger partial charge in [-0.1, -0.05) is 43.7 Å². The second kappa shape index (κ2) is 6.05. The van der Waals surface area contributed by atoms with Crippen LogP contribution >= 0.6 is 0 Å². The number of amides is 1. The maximum atomic E-state index is 12.0. The molecular weight excluding hydrogens is 226 g/mol. The summed E-state index contributed by atoms with van der Waals surface area (Å²) < 4.78 is 4.92. The fraction of sp³-hybridized carbons (Fsp3) is 0.267. The maximum absolute atomic E-state index is 12.0. The molecule has 1 aromatic heterocycles. The second-order valence-electron chi connectivity index (χ2n) is 4.24. The van der Waals surface area contributed by atoms with E-state index in [0.717, 1.165) is 18.4 Å². The van der Waals surface area contributed by atoms with Gasteiger partial charge in [-0.15, -0.1) is 0 Å². The number of benzene rings is 1. The van der Waals surface area contributed by atoms with Crippen LogP contribution in [0.25, 0.3) is 0 Å². The van der Waals surface area contributed by atoms with Crippen LogP contribution in [0.5, 0.6) is 0 Å². The van der Waals surface area contributed by atoms with Crippen LogP contribution < -0.4 is 5.32 Å². The van der Waals surface area contributed by atoms with E-state index in [2.05, 4.69) is 12.2 Å². The summed E-state index contributed by atoms with van der Waals surface area (Å²) in [6.45, 7) is 2.11. The van der Waals surface area contributed by atoms with Gasteiger partial charge in [-0.25, -0.2) is 0 Å². The fourth-order valence-electron chi connectivity index (χ4n) is 1.93. The summed E-state index contributed by atoms with van der Waals surface area (Å²) in [5.74, 6) is -0.0916. The van der Waals surface area contributed by atoms with Gasteiger partial charge in [0.05, 0.1) is 17.9 Å². The standard InChI is InChI=1S/C15H17NO2/c1-2-6-14(12-7-4-3-5-8-12)16-15(17)13-9-10-18-11-13/h3-5,7-11,14H,2,6H2,1H3,(H,16,17). The predicted octanol–water partition coefficient (Wildman–Crippen LogP) is 3.55. The molecule has 1 unspecified atom stereocenters. The fourth-order valence-corrected chi connectivity index (χ4v) is 1.93. The zero-order valence-electron chi connectivity index (χ0n) is 10.4. The van der Waals surface area contributed by atoms with Gasteiger partial charge in [-0.2, -0.15) is 0 Å². The summed E-state index contributed by atoms with van der Waals surface area (Å²) in [7, 11) is 0. The van der Waals surface area contributed by atoms with Crippen molar-refractivity contribution in [3.05, 3.63) is 60.1 Å². The van der Waals surface area contributed by atoms with E-state index in [4.69, 9.17) is 4.42 Å². The van der Waals surface area contributed by atoms with Gasteiger partial charge in [-0.3, -0.25) is 4.79 Å². The third kappa shape index (κ3) is 3.00. The molecule has 1 heterocycles. The molecule has 3 nitrogen and oxygen atoms in total. The molecule has 0 aliphatic heterocycles. The average Bonchev–Trinajstić information content (AvgIpc) is 2.93. The van der Waals surface area contributed by atoms with Crippen molar-refractivity contribution in [3.63, 3.8) is 0 Å². The molecule has 0 saturated carbocycles. The van der Waals surface area contributed by atoms with Crippen molar-refractivity contribution in [1.82, 2.24) is 5.32 Å². The zero-order chi connectivity index (χ0) is 12.8. The molecule has 0 radical (unpaired) electrons. The Bertz CT molecular complexity index is 476.